The monoisotopic (exact) mass is 259 g/mol. The molecule has 1 aromatic rings. The van der Waals surface area contributed by atoms with Gasteiger partial charge in [-0.25, -0.2) is 4.90 Å². The van der Waals surface area contributed by atoms with Crippen LogP contribution in [0.2, 0.25) is 0 Å². The van der Waals surface area contributed by atoms with Crippen molar-refractivity contribution in [3.8, 4) is 5.75 Å². The second-order valence-corrected chi connectivity index (χ2v) is 5.50. The van der Waals surface area contributed by atoms with Crippen molar-refractivity contribution in [1.82, 2.24) is 0 Å². The largest absolute Gasteiger partial charge is 0.506 e. The van der Waals surface area contributed by atoms with Gasteiger partial charge in [0.05, 0.1) is 17.5 Å². The number of aryl methyl sites for hydroxylation is 1. The normalized spacial score (nSPS) is 26.7. The van der Waals surface area contributed by atoms with E-state index in [4.69, 9.17) is 0 Å². The summed E-state index contributed by atoms with van der Waals surface area (Å²) in [5.41, 5.74) is 1.26. The van der Waals surface area contributed by atoms with E-state index in [0.29, 0.717) is 5.69 Å². The van der Waals surface area contributed by atoms with Gasteiger partial charge in [0, 0.05) is 0 Å². The smallest absolute Gasteiger partial charge is 0.237 e. The van der Waals surface area contributed by atoms with Crippen LogP contribution in [0.4, 0.5) is 5.69 Å². The lowest BCUT2D eigenvalue weighted by Gasteiger charge is -2.19. The van der Waals surface area contributed by atoms with Gasteiger partial charge in [-0.2, -0.15) is 0 Å². The fourth-order valence-corrected chi connectivity index (χ4v) is 3.21. The van der Waals surface area contributed by atoms with Gasteiger partial charge in [-0.15, -0.1) is 0 Å². The van der Waals surface area contributed by atoms with Crippen molar-refractivity contribution in [3.63, 3.8) is 0 Å². The summed E-state index contributed by atoms with van der Waals surface area (Å²) in [5.74, 6) is -0.653. The molecule has 2 atom stereocenters. The Morgan fingerprint density at radius 3 is 2.26 bits per heavy atom. The summed E-state index contributed by atoms with van der Waals surface area (Å²) < 4.78 is 0. The average Bonchev–Trinajstić information content (AvgIpc) is 2.66. The zero-order valence-corrected chi connectivity index (χ0v) is 10.9. The predicted octanol–water partition coefficient (Wildman–Crippen LogP) is 2.38. The molecule has 1 aromatic carbocycles. The second kappa shape index (κ2) is 4.37. The number of phenolic OH excluding ortho intramolecular Hbond substituents is 1. The molecule has 100 valence electrons. The minimum absolute atomic E-state index is 0.00838. The molecule has 4 nitrogen and oxygen atoms in total. The highest BCUT2D eigenvalue weighted by Crippen LogP contribution is 2.42. The van der Waals surface area contributed by atoms with Gasteiger partial charge in [-0.3, -0.25) is 9.59 Å². The summed E-state index contributed by atoms with van der Waals surface area (Å²) in [6, 6.07) is 4.99. The molecule has 2 amide bonds. The number of carbonyl (C=O) groups excluding carboxylic acids is 2. The van der Waals surface area contributed by atoms with E-state index in [0.717, 1.165) is 31.2 Å². The van der Waals surface area contributed by atoms with E-state index in [2.05, 4.69) is 0 Å². The van der Waals surface area contributed by atoms with Gasteiger partial charge in [-0.1, -0.05) is 18.9 Å². The van der Waals surface area contributed by atoms with Gasteiger partial charge in [0.15, 0.2) is 0 Å². The van der Waals surface area contributed by atoms with Gasteiger partial charge in [0.2, 0.25) is 11.8 Å². The number of hydrogen-bond acceptors (Lipinski definition) is 3. The molecule has 1 aliphatic heterocycles. The first kappa shape index (κ1) is 12.2. The van der Waals surface area contributed by atoms with E-state index >= 15 is 0 Å². The highest BCUT2D eigenvalue weighted by Gasteiger charge is 2.49. The van der Waals surface area contributed by atoms with Crippen LogP contribution in [0.15, 0.2) is 18.2 Å². The molecule has 2 fully saturated rings. The van der Waals surface area contributed by atoms with Crippen molar-refractivity contribution in [1.29, 1.82) is 0 Å². The molecule has 4 heteroatoms. The first-order chi connectivity index (χ1) is 9.09. The van der Waals surface area contributed by atoms with E-state index in [1.807, 2.05) is 6.92 Å². The van der Waals surface area contributed by atoms with Crippen LogP contribution in [0.25, 0.3) is 0 Å². The Morgan fingerprint density at radius 2 is 1.68 bits per heavy atom. The number of anilines is 1. The molecule has 0 aromatic heterocycles. The van der Waals surface area contributed by atoms with Gasteiger partial charge in [-0.05, 0) is 37.5 Å². The number of nitrogens with zero attached hydrogens (tertiary/aromatic N) is 1. The number of rotatable bonds is 1. The Morgan fingerprint density at radius 1 is 1.11 bits per heavy atom. The fourth-order valence-electron chi connectivity index (χ4n) is 3.21. The number of hydrogen-bond donors (Lipinski definition) is 1. The third kappa shape index (κ3) is 1.82. The van der Waals surface area contributed by atoms with Crippen molar-refractivity contribution in [2.45, 2.75) is 32.6 Å². The Bertz CT molecular complexity index is 528. The van der Waals surface area contributed by atoms with Crippen LogP contribution in [-0.4, -0.2) is 16.9 Å². The summed E-state index contributed by atoms with van der Waals surface area (Å²) >= 11 is 0. The molecule has 1 heterocycles. The number of fused-ring (bicyclic) bond motifs is 1. The molecule has 1 saturated carbocycles. The first-order valence-electron chi connectivity index (χ1n) is 6.77. The van der Waals surface area contributed by atoms with Gasteiger partial charge < -0.3 is 5.11 Å². The molecule has 1 saturated heterocycles. The van der Waals surface area contributed by atoms with E-state index in [-0.39, 0.29) is 29.4 Å². The molecular weight excluding hydrogens is 242 g/mol. The maximum Gasteiger partial charge on any atom is 0.237 e. The first-order valence-corrected chi connectivity index (χ1v) is 6.77. The standard InChI is InChI=1S/C15H17NO3/c1-9-6-7-13(17)12(8-9)16-14(18)10-4-2-3-5-11(10)15(16)19/h6-8,10-11,17H,2-5H2,1H3. The molecule has 19 heavy (non-hydrogen) atoms. The molecule has 3 rings (SSSR count). The molecule has 0 spiro atoms. The molecule has 1 aliphatic carbocycles. The van der Waals surface area contributed by atoms with Crippen LogP contribution in [0.5, 0.6) is 5.75 Å². The van der Waals surface area contributed by atoms with Gasteiger partial charge >= 0.3 is 0 Å². The van der Waals surface area contributed by atoms with E-state index in [1.165, 1.54) is 11.0 Å². The SMILES string of the molecule is Cc1ccc(O)c(N2C(=O)C3CCCCC3C2=O)c1. The second-order valence-electron chi connectivity index (χ2n) is 5.50. The minimum Gasteiger partial charge on any atom is -0.506 e. The zero-order valence-electron chi connectivity index (χ0n) is 10.9. The van der Waals surface area contributed by atoms with E-state index < -0.39 is 0 Å². The van der Waals surface area contributed by atoms with Crippen molar-refractivity contribution < 1.29 is 14.7 Å². The quantitative estimate of drug-likeness (QED) is 0.788. The molecule has 2 aliphatic rings. The van der Waals surface area contributed by atoms with E-state index in [1.54, 1.807) is 12.1 Å². The third-order valence-corrected chi connectivity index (χ3v) is 4.21. The van der Waals surface area contributed by atoms with Crippen molar-refractivity contribution in [2.24, 2.45) is 11.8 Å². The lowest BCUT2D eigenvalue weighted by Crippen LogP contribution is -2.30. The number of carbonyl (C=O) groups is 2. The summed E-state index contributed by atoms with van der Waals surface area (Å²) in [5, 5.41) is 9.92. The Labute approximate surface area is 112 Å². The van der Waals surface area contributed by atoms with Crippen LogP contribution in [0.3, 0.4) is 0 Å². The minimum atomic E-state index is -0.179. The number of aromatic hydroxyl groups is 1. The summed E-state index contributed by atoms with van der Waals surface area (Å²) in [6.07, 6.45) is 3.60. The Balaban J connectivity index is 2.03. The number of benzene rings is 1. The number of phenols is 1. The maximum atomic E-state index is 12.4. The number of imide groups is 1. The highest BCUT2D eigenvalue weighted by atomic mass is 16.3. The average molecular weight is 259 g/mol. The molecule has 2 unspecified atom stereocenters. The summed E-state index contributed by atoms with van der Waals surface area (Å²) in [7, 11) is 0. The predicted molar refractivity (Wildman–Crippen MR) is 70.8 cm³/mol. The van der Waals surface area contributed by atoms with Crippen LogP contribution in [0.1, 0.15) is 31.2 Å². The van der Waals surface area contributed by atoms with Gasteiger partial charge in [0.25, 0.3) is 0 Å². The van der Waals surface area contributed by atoms with Crippen LogP contribution >= 0.6 is 0 Å². The van der Waals surface area contributed by atoms with Crippen molar-refractivity contribution in [3.05, 3.63) is 23.8 Å². The van der Waals surface area contributed by atoms with Gasteiger partial charge in [0.1, 0.15) is 5.75 Å². The Hall–Kier alpha value is -1.84. The van der Waals surface area contributed by atoms with Crippen LogP contribution in [0, 0.1) is 18.8 Å². The van der Waals surface area contributed by atoms with Crippen LogP contribution < -0.4 is 4.90 Å². The van der Waals surface area contributed by atoms with Crippen molar-refractivity contribution in [2.75, 3.05) is 4.90 Å². The van der Waals surface area contributed by atoms with Crippen LogP contribution in [-0.2, 0) is 9.59 Å². The highest BCUT2D eigenvalue weighted by molar-refractivity contribution is 6.22. The summed E-state index contributed by atoms with van der Waals surface area (Å²) in [6.45, 7) is 1.88. The van der Waals surface area contributed by atoms with Crippen molar-refractivity contribution >= 4 is 17.5 Å². The molecule has 0 bridgehead atoms. The number of amides is 2. The lowest BCUT2D eigenvalue weighted by atomic mass is 9.81. The fraction of sp³-hybridized carbons (Fsp3) is 0.467. The molecular formula is C15H17NO3. The zero-order chi connectivity index (χ0) is 13.6. The summed E-state index contributed by atoms with van der Waals surface area (Å²) in [4.78, 5) is 26.0. The third-order valence-electron chi connectivity index (χ3n) is 4.21. The van der Waals surface area contributed by atoms with E-state index in [9.17, 15) is 14.7 Å². The topological polar surface area (TPSA) is 57.6 Å². The molecule has 1 N–H and O–H groups in total. The lowest BCUT2D eigenvalue weighted by molar-refractivity contribution is -0.122. The maximum absolute atomic E-state index is 12.4. The molecule has 0 radical (unpaired) electrons. The Kier molecular flexibility index (Phi) is 2.81.